The molecule has 18 heavy (non-hydrogen) atoms. The number of rotatable bonds is 1. The summed E-state index contributed by atoms with van der Waals surface area (Å²) in [7, 11) is 0. The molecule has 1 aromatic rings. The fourth-order valence-electron chi connectivity index (χ4n) is 2.31. The van der Waals surface area contributed by atoms with Gasteiger partial charge in [0.2, 0.25) is 0 Å². The van der Waals surface area contributed by atoms with E-state index in [2.05, 4.69) is 0 Å². The Balaban J connectivity index is 2.78. The van der Waals surface area contributed by atoms with Crippen LogP contribution in [-0.4, -0.2) is 16.1 Å². The van der Waals surface area contributed by atoms with Crippen LogP contribution in [0.25, 0.3) is 0 Å². The molecule has 0 fully saturated rings. The number of aromatic nitrogens is 1. The number of H-pyrrole nitrogens is 1. The van der Waals surface area contributed by atoms with Gasteiger partial charge in [-0.15, -0.1) is 0 Å². The monoisotopic (exact) mass is 261 g/mol. The largest absolute Gasteiger partial charge is 0.477 e. The third kappa shape index (κ3) is 2.00. The van der Waals surface area contributed by atoms with Crippen LogP contribution in [0.4, 0.5) is 13.2 Å². The molecule has 0 atom stereocenters. The smallest absolute Gasteiger partial charge is 0.431 e. The molecule has 2 N–H and O–H groups in total. The molecule has 2 rings (SSSR count). The molecule has 1 aliphatic rings. The van der Waals surface area contributed by atoms with E-state index < -0.39 is 29.0 Å². The first-order chi connectivity index (χ1) is 8.32. The molecule has 98 valence electrons. The molecule has 1 aliphatic carbocycles. The van der Waals surface area contributed by atoms with Gasteiger partial charge >= 0.3 is 12.1 Å². The van der Waals surface area contributed by atoms with Crippen LogP contribution >= 0.6 is 0 Å². The highest BCUT2D eigenvalue weighted by Gasteiger charge is 2.38. The van der Waals surface area contributed by atoms with E-state index in [1.54, 1.807) is 4.98 Å². The molecule has 0 unspecified atom stereocenters. The van der Waals surface area contributed by atoms with Crippen molar-refractivity contribution in [2.45, 2.75) is 31.9 Å². The second-order valence-corrected chi connectivity index (χ2v) is 4.17. The van der Waals surface area contributed by atoms with Crippen molar-refractivity contribution in [3.63, 3.8) is 0 Å². The molecule has 1 heterocycles. The third-order valence-electron chi connectivity index (χ3n) is 3.03. The molecule has 0 aliphatic heterocycles. The topological polar surface area (TPSA) is 70.2 Å². The normalized spacial score (nSPS) is 15.3. The summed E-state index contributed by atoms with van der Waals surface area (Å²) < 4.78 is 38.3. The highest BCUT2D eigenvalue weighted by molar-refractivity contribution is 5.89. The van der Waals surface area contributed by atoms with E-state index in [4.69, 9.17) is 5.11 Å². The number of alkyl halides is 3. The second kappa shape index (κ2) is 4.15. The van der Waals surface area contributed by atoms with Crippen LogP contribution in [0.15, 0.2) is 4.79 Å². The lowest BCUT2D eigenvalue weighted by atomic mass is 9.87. The molecule has 0 radical (unpaired) electrons. The summed E-state index contributed by atoms with van der Waals surface area (Å²) in [4.78, 5) is 24.1. The summed E-state index contributed by atoms with van der Waals surface area (Å²) in [6.07, 6.45) is -3.18. The van der Waals surface area contributed by atoms with Crippen LogP contribution < -0.4 is 5.56 Å². The third-order valence-corrected chi connectivity index (χ3v) is 3.03. The van der Waals surface area contributed by atoms with Gasteiger partial charge in [0.1, 0.15) is 11.3 Å². The van der Waals surface area contributed by atoms with Crippen molar-refractivity contribution in [2.75, 3.05) is 0 Å². The maximum absolute atomic E-state index is 12.8. The SMILES string of the molecule is O=C(O)c1c2c(c(C(F)(F)F)[nH]c1=O)CCCC2. The Kier molecular flexibility index (Phi) is 2.92. The Morgan fingerprint density at radius 3 is 2.22 bits per heavy atom. The minimum Gasteiger partial charge on any atom is -0.477 e. The number of carbonyl (C=O) groups is 1. The van der Waals surface area contributed by atoms with Crippen molar-refractivity contribution >= 4 is 5.97 Å². The number of pyridine rings is 1. The van der Waals surface area contributed by atoms with E-state index >= 15 is 0 Å². The van der Waals surface area contributed by atoms with Gasteiger partial charge in [-0.25, -0.2) is 4.79 Å². The van der Waals surface area contributed by atoms with E-state index in [-0.39, 0.29) is 24.0 Å². The first kappa shape index (κ1) is 12.7. The van der Waals surface area contributed by atoms with E-state index in [0.29, 0.717) is 12.8 Å². The number of hydrogen-bond acceptors (Lipinski definition) is 2. The highest BCUT2D eigenvalue weighted by Crippen LogP contribution is 2.34. The van der Waals surface area contributed by atoms with Crippen molar-refractivity contribution in [3.05, 3.63) is 32.7 Å². The molecule has 4 nitrogen and oxygen atoms in total. The van der Waals surface area contributed by atoms with E-state index in [1.807, 2.05) is 0 Å². The van der Waals surface area contributed by atoms with Gasteiger partial charge in [-0.05, 0) is 36.8 Å². The van der Waals surface area contributed by atoms with Crippen molar-refractivity contribution in [1.29, 1.82) is 0 Å². The number of nitrogens with one attached hydrogen (secondary N) is 1. The first-order valence-corrected chi connectivity index (χ1v) is 5.41. The van der Waals surface area contributed by atoms with Crippen molar-refractivity contribution in [2.24, 2.45) is 0 Å². The Labute approximate surface area is 99.4 Å². The average Bonchev–Trinajstić information content (AvgIpc) is 2.25. The fourth-order valence-corrected chi connectivity index (χ4v) is 2.31. The highest BCUT2D eigenvalue weighted by atomic mass is 19.4. The number of aromatic carboxylic acids is 1. The lowest BCUT2D eigenvalue weighted by Gasteiger charge is -2.21. The quantitative estimate of drug-likeness (QED) is 0.812. The van der Waals surface area contributed by atoms with Crippen LogP contribution in [-0.2, 0) is 19.0 Å². The number of hydrogen-bond donors (Lipinski definition) is 2. The van der Waals surface area contributed by atoms with Crippen molar-refractivity contribution in [1.82, 2.24) is 4.98 Å². The number of carboxylic acids is 1. The van der Waals surface area contributed by atoms with Gasteiger partial charge in [0.15, 0.2) is 0 Å². The number of carboxylic acid groups (broad SMARTS) is 1. The lowest BCUT2D eigenvalue weighted by Crippen LogP contribution is -2.29. The summed E-state index contributed by atoms with van der Waals surface area (Å²) in [5.41, 5.74) is -2.89. The van der Waals surface area contributed by atoms with Gasteiger partial charge in [0, 0.05) is 0 Å². The summed E-state index contributed by atoms with van der Waals surface area (Å²) in [6.45, 7) is 0. The van der Waals surface area contributed by atoms with Gasteiger partial charge in [0.25, 0.3) is 5.56 Å². The minimum absolute atomic E-state index is 0.0322. The molecule has 0 spiro atoms. The maximum atomic E-state index is 12.8. The molecular weight excluding hydrogens is 251 g/mol. The zero-order chi connectivity index (χ0) is 13.5. The van der Waals surface area contributed by atoms with E-state index in [0.717, 1.165) is 0 Å². The van der Waals surface area contributed by atoms with E-state index in [9.17, 15) is 22.8 Å². The molecule has 1 aromatic heterocycles. The zero-order valence-electron chi connectivity index (χ0n) is 9.23. The second-order valence-electron chi connectivity index (χ2n) is 4.17. The number of halogens is 3. The van der Waals surface area contributed by atoms with Gasteiger partial charge in [-0.3, -0.25) is 4.79 Å². The van der Waals surface area contributed by atoms with Gasteiger partial charge in [-0.1, -0.05) is 0 Å². The molecule has 0 saturated heterocycles. The van der Waals surface area contributed by atoms with Crippen LogP contribution in [0.5, 0.6) is 0 Å². The van der Waals surface area contributed by atoms with Crippen LogP contribution in [0.1, 0.15) is 40.0 Å². The van der Waals surface area contributed by atoms with Gasteiger partial charge < -0.3 is 10.1 Å². The predicted octanol–water partition coefficient (Wildman–Crippen LogP) is 1.97. The fraction of sp³-hybridized carbons (Fsp3) is 0.455. The molecule has 0 aromatic carbocycles. The lowest BCUT2D eigenvalue weighted by molar-refractivity contribution is -0.142. The molecule has 0 amide bonds. The van der Waals surface area contributed by atoms with Crippen LogP contribution in [0.2, 0.25) is 0 Å². The maximum Gasteiger partial charge on any atom is 0.431 e. The average molecular weight is 261 g/mol. The Hall–Kier alpha value is -1.79. The summed E-state index contributed by atoms with van der Waals surface area (Å²) in [5.74, 6) is -1.48. The Bertz CT molecular complexity index is 560. The summed E-state index contributed by atoms with van der Waals surface area (Å²) >= 11 is 0. The summed E-state index contributed by atoms with van der Waals surface area (Å²) in [6, 6.07) is 0. The van der Waals surface area contributed by atoms with Gasteiger partial charge in [-0.2, -0.15) is 13.2 Å². The zero-order valence-corrected chi connectivity index (χ0v) is 9.23. The number of fused-ring (bicyclic) bond motifs is 1. The van der Waals surface area contributed by atoms with Crippen LogP contribution in [0, 0.1) is 0 Å². The predicted molar refractivity (Wildman–Crippen MR) is 55.7 cm³/mol. The molecule has 0 saturated carbocycles. The van der Waals surface area contributed by atoms with Gasteiger partial charge in [0.05, 0.1) is 0 Å². The molecule has 0 bridgehead atoms. The van der Waals surface area contributed by atoms with Crippen LogP contribution in [0.3, 0.4) is 0 Å². The molecule has 7 heteroatoms. The summed E-state index contributed by atoms with van der Waals surface area (Å²) in [5, 5.41) is 8.91. The standard InChI is InChI=1S/C11H10F3NO3/c12-11(13,14)8-6-4-2-1-3-5(6)7(10(17)18)9(16)15-8/h1-4H2,(H,15,16)(H,17,18). The van der Waals surface area contributed by atoms with Crippen molar-refractivity contribution < 1.29 is 23.1 Å². The first-order valence-electron chi connectivity index (χ1n) is 5.41. The van der Waals surface area contributed by atoms with E-state index in [1.165, 1.54) is 0 Å². The molecular formula is C11H10F3NO3. The number of aromatic amines is 1. The Morgan fingerprint density at radius 1 is 1.17 bits per heavy atom. The van der Waals surface area contributed by atoms with Crippen molar-refractivity contribution in [3.8, 4) is 0 Å². The Morgan fingerprint density at radius 2 is 1.72 bits per heavy atom. The minimum atomic E-state index is -4.67.